The van der Waals surface area contributed by atoms with Gasteiger partial charge in [0.1, 0.15) is 5.82 Å². The van der Waals surface area contributed by atoms with Crippen LogP contribution in [0, 0.1) is 6.92 Å². The van der Waals surface area contributed by atoms with Gasteiger partial charge >= 0.3 is 6.03 Å². The summed E-state index contributed by atoms with van der Waals surface area (Å²) in [6.07, 6.45) is 10.0. The predicted octanol–water partition coefficient (Wildman–Crippen LogP) is 3.43. The van der Waals surface area contributed by atoms with Crippen LogP contribution in [0.4, 0.5) is 4.79 Å². The molecule has 0 aliphatic carbocycles. The number of hydrogen-bond donors (Lipinski definition) is 1. The lowest BCUT2D eigenvalue weighted by molar-refractivity contribution is 0.194. The molecule has 5 nitrogen and oxygen atoms in total. The van der Waals surface area contributed by atoms with Gasteiger partial charge < -0.3 is 14.8 Å². The third kappa shape index (κ3) is 3.35. The van der Waals surface area contributed by atoms with Gasteiger partial charge in [0.05, 0.1) is 11.7 Å². The Bertz CT molecular complexity index is 734. The van der Waals surface area contributed by atoms with E-state index in [0.29, 0.717) is 13.1 Å². The number of carbonyl (C=O) groups excluding carboxylic acids is 1. The van der Waals surface area contributed by atoms with Crippen LogP contribution < -0.4 is 5.32 Å². The fourth-order valence-electron chi connectivity index (χ4n) is 3.15. The van der Waals surface area contributed by atoms with E-state index >= 15 is 0 Å². The zero-order valence-corrected chi connectivity index (χ0v) is 14.3. The second-order valence-electron chi connectivity index (χ2n) is 6.07. The first-order valence-corrected chi connectivity index (χ1v) is 8.50. The van der Waals surface area contributed by atoms with Crippen molar-refractivity contribution >= 4 is 6.03 Å². The number of aryl methyl sites for hydroxylation is 1. The number of amides is 2. The molecule has 0 bridgehead atoms. The maximum atomic E-state index is 12.5. The van der Waals surface area contributed by atoms with E-state index in [1.807, 2.05) is 46.9 Å². The smallest absolute Gasteiger partial charge is 0.318 e. The summed E-state index contributed by atoms with van der Waals surface area (Å²) in [5.41, 5.74) is 2.13. The van der Waals surface area contributed by atoms with Crippen molar-refractivity contribution < 1.29 is 4.79 Å². The van der Waals surface area contributed by atoms with Crippen molar-refractivity contribution in [2.75, 3.05) is 6.54 Å². The summed E-state index contributed by atoms with van der Waals surface area (Å²) < 4.78 is 2.04. The highest BCUT2D eigenvalue weighted by atomic mass is 16.2. The highest BCUT2D eigenvalue weighted by Crippen LogP contribution is 2.18. The molecule has 5 heteroatoms. The molecular weight excluding hydrogens is 300 g/mol. The first-order chi connectivity index (χ1) is 11.7. The lowest BCUT2D eigenvalue weighted by atomic mass is 10.1. The van der Waals surface area contributed by atoms with Gasteiger partial charge in [-0.05, 0) is 25.0 Å². The zero-order chi connectivity index (χ0) is 16.9. The third-order valence-corrected chi connectivity index (χ3v) is 4.41. The first kappa shape index (κ1) is 16.3. The zero-order valence-electron chi connectivity index (χ0n) is 14.3. The monoisotopic (exact) mass is 324 g/mol. The molecule has 1 aromatic heterocycles. The van der Waals surface area contributed by atoms with Gasteiger partial charge in [0.25, 0.3) is 0 Å². The van der Waals surface area contributed by atoms with E-state index in [1.165, 1.54) is 0 Å². The van der Waals surface area contributed by atoms with E-state index in [4.69, 9.17) is 0 Å². The molecule has 0 saturated carbocycles. The van der Waals surface area contributed by atoms with Crippen LogP contribution in [-0.2, 0) is 6.54 Å². The summed E-state index contributed by atoms with van der Waals surface area (Å²) in [4.78, 5) is 18.7. The number of urea groups is 1. The highest BCUT2D eigenvalue weighted by molar-refractivity contribution is 5.75. The minimum absolute atomic E-state index is 0.00407. The molecule has 2 amide bonds. The van der Waals surface area contributed by atoms with Gasteiger partial charge in [-0.3, -0.25) is 0 Å². The maximum absolute atomic E-state index is 12.5. The van der Waals surface area contributed by atoms with Gasteiger partial charge in [-0.2, -0.15) is 0 Å². The molecule has 126 valence electrons. The minimum atomic E-state index is -0.00407. The average molecular weight is 324 g/mol. The van der Waals surface area contributed by atoms with Gasteiger partial charge in [0.2, 0.25) is 0 Å². The third-order valence-electron chi connectivity index (χ3n) is 4.41. The van der Waals surface area contributed by atoms with E-state index in [-0.39, 0.29) is 12.1 Å². The van der Waals surface area contributed by atoms with Crippen LogP contribution in [0.5, 0.6) is 0 Å². The molecule has 0 spiro atoms. The van der Waals surface area contributed by atoms with Gasteiger partial charge in [-0.25, -0.2) is 9.78 Å². The summed E-state index contributed by atoms with van der Waals surface area (Å²) in [5.74, 6) is 0.931. The van der Waals surface area contributed by atoms with Crippen molar-refractivity contribution in [3.8, 4) is 5.69 Å². The molecule has 1 aliphatic rings. The van der Waals surface area contributed by atoms with Crippen molar-refractivity contribution in [2.45, 2.75) is 39.3 Å². The Morgan fingerprint density at radius 1 is 1.38 bits per heavy atom. The summed E-state index contributed by atoms with van der Waals surface area (Å²) in [6, 6.07) is 8.31. The van der Waals surface area contributed by atoms with Crippen LogP contribution in [0.1, 0.15) is 31.2 Å². The molecule has 0 radical (unpaired) electrons. The molecule has 1 aromatic carbocycles. The number of benzene rings is 1. The second-order valence-corrected chi connectivity index (χ2v) is 6.07. The molecule has 2 aromatic rings. The van der Waals surface area contributed by atoms with Crippen molar-refractivity contribution in [2.24, 2.45) is 0 Å². The number of nitrogens with zero attached hydrogens (tertiary/aromatic N) is 3. The van der Waals surface area contributed by atoms with Crippen LogP contribution >= 0.6 is 0 Å². The van der Waals surface area contributed by atoms with Crippen LogP contribution in [0.2, 0.25) is 0 Å². The lowest BCUT2D eigenvalue weighted by Gasteiger charge is -2.25. The Hall–Kier alpha value is -2.56. The fraction of sp³-hybridized carbons (Fsp3) is 0.368. The molecule has 1 atom stereocenters. The Morgan fingerprint density at radius 2 is 2.21 bits per heavy atom. The van der Waals surface area contributed by atoms with Gasteiger partial charge in [-0.15, -0.1) is 0 Å². The number of aromatic nitrogens is 2. The summed E-state index contributed by atoms with van der Waals surface area (Å²) in [5, 5.41) is 3.06. The van der Waals surface area contributed by atoms with Crippen molar-refractivity contribution in [1.29, 1.82) is 0 Å². The van der Waals surface area contributed by atoms with Crippen LogP contribution in [0.25, 0.3) is 5.69 Å². The second kappa shape index (κ2) is 7.34. The van der Waals surface area contributed by atoms with Crippen molar-refractivity contribution in [3.05, 3.63) is 60.2 Å². The number of nitrogens with one attached hydrogen (secondary N) is 1. The fourth-order valence-corrected chi connectivity index (χ4v) is 3.15. The van der Waals surface area contributed by atoms with Gasteiger partial charge in [0, 0.05) is 25.5 Å². The Labute approximate surface area is 143 Å². The van der Waals surface area contributed by atoms with Crippen LogP contribution in [0.15, 0.2) is 48.8 Å². The van der Waals surface area contributed by atoms with E-state index in [2.05, 4.69) is 29.4 Å². The highest BCUT2D eigenvalue weighted by Gasteiger charge is 2.23. The normalized spacial score (nSPS) is 16.6. The Kier molecular flexibility index (Phi) is 4.99. The van der Waals surface area contributed by atoms with Crippen molar-refractivity contribution in [1.82, 2.24) is 19.8 Å². The molecule has 0 saturated heterocycles. The molecule has 3 rings (SSSR count). The van der Waals surface area contributed by atoms with Gasteiger partial charge in [-0.1, -0.05) is 43.7 Å². The number of rotatable bonds is 5. The number of carbonyl (C=O) groups is 1. The number of imidazole rings is 1. The molecule has 2 heterocycles. The van der Waals surface area contributed by atoms with E-state index in [9.17, 15) is 4.79 Å². The summed E-state index contributed by atoms with van der Waals surface area (Å²) in [7, 11) is 0. The quantitative estimate of drug-likeness (QED) is 0.857. The molecule has 24 heavy (non-hydrogen) atoms. The Morgan fingerprint density at radius 3 is 2.96 bits per heavy atom. The molecule has 1 aliphatic heterocycles. The molecular formula is C19H24N4O. The SMILES string of the molecule is CCC[C@H]1C=CCN1C(=O)NCc1ccccc1-n1ccnc1C. The summed E-state index contributed by atoms with van der Waals surface area (Å²) in [6.45, 7) is 5.31. The van der Waals surface area contributed by atoms with E-state index < -0.39 is 0 Å². The standard InChI is InChI=1S/C19H24N4O/c1-3-7-17-9-6-12-23(17)19(24)21-14-16-8-4-5-10-18(16)22-13-11-20-15(22)2/h4-6,8-11,13,17H,3,7,12,14H2,1-2H3,(H,21,24)/t17-/m0/s1. The van der Waals surface area contributed by atoms with Crippen molar-refractivity contribution in [3.63, 3.8) is 0 Å². The minimum Gasteiger partial charge on any atom is -0.334 e. The number of hydrogen-bond acceptors (Lipinski definition) is 2. The van der Waals surface area contributed by atoms with Crippen LogP contribution in [-0.4, -0.2) is 33.1 Å². The van der Waals surface area contributed by atoms with E-state index in [1.54, 1.807) is 6.20 Å². The van der Waals surface area contributed by atoms with Crippen LogP contribution in [0.3, 0.4) is 0 Å². The first-order valence-electron chi connectivity index (χ1n) is 8.50. The topological polar surface area (TPSA) is 50.2 Å². The van der Waals surface area contributed by atoms with E-state index in [0.717, 1.165) is 29.9 Å². The summed E-state index contributed by atoms with van der Waals surface area (Å²) >= 11 is 0. The predicted molar refractivity (Wildman–Crippen MR) is 95.1 cm³/mol. The molecule has 0 unspecified atom stereocenters. The molecule has 0 fully saturated rings. The largest absolute Gasteiger partial charge is 0.334 e. The maximum Gasteiger partial charge on any atom is 0.318 e. The average Bonchev–Trinajstić information content (AvgIpc) is 3.22. The number of para-hydroxylation sites is 1. The lowest BCUT2D eigenvalue weighted by Crippen LogP contribution is -2.43. The molecule has 1 N–H and O–H groups in total. The Balaban J connectivity index is 1.69. The van der Waals surface area contributed by atoms with Gasteiger partial charge in [0.15, 0.2) is 0 Å².